The van der Waals surface area contributed by atoms with Gasteiger partial charge >= 0.3 is 6.09 Å². The number of anilines is 2. The highest BCUT2D eigenvalue weighted by Gasteiger charge is 2.28. The number of halogens is 1. The molecule has 5 heteroatoms. The van der Waals surface area contributed by atoms with Crippen LogP contribution in [0.1, 0.15) is 26.3 Å². The number of amides is 1. The number of nitrogens with one attached hydrogen (secondary N) is 1. The average Bonchev–Trinajstić information content (AvgIpc) is 2.25. The fourth-order valence-electron chi connectivity index (χ4n) is 2.14. The number of carbonyl (C=O) groups excluding carboxylic acids is 1. The number of rotatable bonds is 0. The highest BCUT2D eigenvalue weighted by Crippen LogP contribution is 2.36. The molecule has 104 valence electrons. The van der Waals surface area contributed by atoms with Crippen LogP contribution >= 0.6 is 11.6 Å². The van der Waals surface area contributed by atoms with E-state index in [1.54, 1.807) is 4.90 Å². The van der Waals surface area contributed by atoms with Gasteiger partial charge in [-0.05, 0) is 45.4 Å². The summed E-state index contributed by atoms with van der Waals surface area (Å²) in [7, 11) is 0. The quantitative estimate of drug-likeness (QED) is 0.786. The van der Waals surface area contributed by atoms with Crippen molar-refractivity contribution in [1.82, 2.24) is 0 Å². The van der Waals surface area contributed by atoms with Crippen molar-refractivity contribution in [2.24, 2.45) is 0 Å². The van der Waals surface area contributed by atoms with E-state index in [1.807, 2.05) is 39.8 Å². The number of benzene rings is 1. The number of nitrogens with zero attached hydrogens (tertiary/aromatic N) is 1. The topological polar surface area (TPSA) is 41.6 Å². The van der Waals surface area contributed by atoms with Crippen LogP contribution in [0.5, 0.6) is 0 Å². The van der Waals surface area contributed by atoms with E-state index < -0.39 is 5.60 Å². The molecule has 0 saturated carbocycles. The van der Waals surface area contributed by atoms with Gasteiger partial charge < -0.3 is 10.1 Å². The van der Waals surface area contributed by atoms with Crippen LogP contribution in [0.3, 0.4) is 0 Å². The van der Waals surface area contributed by atoms with Gasteiger partial charge in [0.1, 0.15) is 5.60 Å². The average molecular weight is 283 g/mol. The van der Waals surface area contributed by atoms with Crippen LogP contribution < -0.4 is 10.2 Å². The summed E-state index contributed by atoms with van der Waals surface area (Å²) in [6, 6.07) is 3.69. The number of carbonyl (C=O) groups is 1. The molecule has 1 aliphatic heterocycles. The third kappa shape index (κ3) is 3.13. The van der Waals surface area contributed by atoms with Crippen molar-refractivity contribution in [3.63, 3.8) is 0 Å². The Bertz CT molecular complexity index is 509. The minimum atomic E-state index is -0.498. The lowest BCUT2D eigenvalue weighted by atomic mass is 10.1. The molecule has 2 rings (SSSR count). The molecule has 0 unspecified atom stereocenters. The zero-order chi connectivity index (χ0) is 14.2. The first kappa shape index (κ1) is 14.0. The maximum atomic E-state index is 12.3. The third-order valence-corrected chi connectivity index (χ3v) is 3.02. The summed E-state index contributed by atoms with van der Waals surface area (Å²) < 4.78 is 5.45. The fraction of sp³-hybridized carbons (Fsp3) is 0.500. The molecular formula is C14H19ClN2O2. The van der Waals surface area contributed by atoms with Crippen LogP contribution in [0.4, 0.5) is 16.2 Å². The van der Waals surface area contributed by atoms with Crippen LogP contribution in [0, 0.1) is 6.92 Å². The zero-order valence-electron chi connectivity index (χ0n) is 11.7. The molecule has 1 N–H and O–H groups in total. The lowest BCUT2D eigenvalue weighted by Gasteiger charge is -2.33. The first-order valence-corrected chi connectivity index (χ1v) is 6.70. The van der Waals surface area contributed by atoms with Crippen molar-refractivity contribution in [1.29, 1.82) is 0 Å². The zero-order valence-corrected chi connectivity index (χ0v) is 12.5. The van der Waals surface area contributed by atoms with Gasteiger partial charge in [-0.2, -0.15) is 0 Å². The number of aryl methyl sites for hydroxylation is 1. The van der Waals surface area contributed by atoms with E-state index in [2.05, 4.69) is 5.32 Å². The third-order valence-electron chi connectivity index (χ3n) is 2.80. The van der Waals surface area contributed by atoms with Gasteiger partial charge in [-0.1, -0.05) is 11.6 Å². The van der Waals surface area contributed by atoms with Crippen LogP contribution in [0.25, 0.3) is 0 Å². The van der Waals surface area contributed by atoms with Crippen molar-refractivity contribution in [2.45, 2.75) is 33.3 Å². The lowest BCUT2D eigenvalue weighted by Crippen LogP contribution is -2.42. The molecule has 0 aliphatic carbocycles. The number of hydrogen-bond donors (Lipinski definition) is 1. The first-order valence-electron chi connectivity index (χ1n) is 6.32. The van der Waals surface area contributed by atoms with Gasteiger partial charge in [0.25, 0.3) is 0 Å². The van der Waals surface area contributed by atoms with Crippen molar-refractivity contribution < 1.29 is 9.53 Å². The summed E-state index contributed by atoms with van der Waals surface area (Å²) >= 11 is 6.04. The fourth-order valence-corrected chi connectivity index (χ4v) is 2.42. The summed E-state index contributed by atoms with van der Waals surface area (Å²) in [5.41, 5.74) is 2.19. The first-order chi connectivity index (χ1) is 8.78. The van der Waals surface area contributed by atoms with E-state index in [9.17, 15) is 4.79 Å². The van der Waals surface area contributed by atoms with Gasteiger partial charge in [0.05, 0.1) is 11.4 Å². The van der Waals surface area contributed by atoms with E-state index in [4.69, 9.17) is 16.3 Å². The molecule has 19 heavy (non-hydrogen) atoms. The van der Waals surface area contributed by atoms with Gasteiger partial charge in [-0.3, -0.25) is 4.90 Å². The van der Waals surface area contributed by atoms with E-state index in [1.165, 1.54) is 0 Å². The van der Waals surface area contributed by atoms with Gasteiger partial charge in [-0.25, -0.2) is 4.79 Å². The smallest absolute Gasteiger partial charge is 0.414 e. The normalized spacial score (nSPS) is 14.7. The Kier molecular flexibility index (Phi) is 3.63. The van der Waals surface area contributed by atoms with Crippen molar-refractivity contribution in [2.75, 3.05) is 23.3 Å². The maximum absolute atomic E-state index is 12.3. The molecule has 1 amide bonds. The molecule has 4 nitrogen and oxygen atoms in total. The second kappa shape index (κ2) is 4.93. The maximum Gasteiger partial charge on any atom is 0.414 e. The van der Waals surface area contributed by atoms with Gasteiger partial charge in [0.15, 0.2) is 0 Å². The minimum absolute atomic E-state index is 0.319. The van der Waals surface area contributed by atoms with Crippen LogP contribution in [0.2, 0.25) is 5.02 Å². The molecule has 0 radical (unpaired) electrons. The molecule has 1 heterocycles. The van der Waals surface area contributed by atoms with Gasteiger partial charge in [-0.15, -0.1) is 0 Å². The van der Waals surface area contributed by atoms with Gasteiger partial charge in [0.2, 0.25) is 0 Å². The number of fused-ring (bicyclic) bond motifs is 1. The predicted octanol–water partition coefficient (Wildman–Crippen LogP) is 3.82. The summed E-state index contributed by atoms with van der Waals surface area (Å²) in [5, 5.41) is 3.92. The molecule has 0 bridgehead atoms. The Hall–Kier alpha value is -1.42. The molecule has 0 aromatic heterocycles. The lowest BCUT2D eigenvalue weighted by molar-refractivity contribution is 0.0580. The highest BCUT2D eigenvalue weighted by atomic mass is 35.5. The number of ether oxygens (including phenoxy) is 1. The van der Waals surface area contributed by atoms with Gasteiger partial charge in [0, 0.05) is 18.1 Å². The summed E-state index contributed by atoms with van der Waals surface area (Å²) in [6.07, 6.45) is -0.319. The Morgan fingerprint density at radius 1 is 1.42 bits per heavy atom. The molecule has 0 spiro atoms. The Morgan fingerprint density at radius 2 is 2.11 bits per heavy atom. The largest absolute Gasteiger partial charge is 0.443 e. The van der Waals surface area contributed by atoms with Crippen LogP contribution in [0.15, 0.2) is 12.1 Å². The molecule has 1 aromatic rings. The van der Waals surface area contributed by atoms with E-state index in [-0.39, 0.29) is 6.09 Å². The second-order valence-electron chi connectivity index (χ2n) is 5.68. The molecule has 1 aromatic carbocycles. The monoisotopic (exact) mass is 282 g/mol. The van der Waals surface area contributed by atoms with Crippen molar-refractivity contribution >= 4 is 29.1 Å². The Morgan fingerprint density at radius 3 is 2.74 bits per heavy atom. The van der Waals surface area contributed by atoms with Crippen molar-refractivity contribution in [3.05, 3.63) is 22.7 Å². The molecule has 0 atom stereocenters. The standard InChI is InChI=1S/C14H19ClN2O2/c1-9-7-10(15)8-11-12(9)17(6-5-16-11)13(18)19-14(2,3)4/h7-8,16H,5-6H2,1-4H3. The Labute approximate surface area is 118 Å². The molecule has 0 saturated heterocycles. The number of hydrogen-bond acceptors (Lipinski definition) is 3. The van der Waals surface area contributed by atoms with Crippen molar-refractivity contribution in [3.8, 4) is 0 Å². The summed E-state index contributed by atoms with van der Waals surface area (Å²) in [4.78, 5) is 13.9. The van der Waals surface area contributed by atoms with Crippen LogP contribution in [-0.4, -0.2) is 24.8 Å². The summed E-state index contributed by atoms with van der Waals surface area (Å²) in [5.74, 6) is 0. The van der Waals surface area contributed by atoms with Crippen LogP contribution in [-0.2, 0) is 4.74 Å². The minimum Gasteiger partial charge on any atom is -0.443 e. The molecule has 0 fully saturated rings. The predicted molar refractivity (Wildman–Crippen MR) is 78.3 cm³/mol. The Balaban J connectivity index is 2.35. The van der Waals surface area contributed by atoms with E-state index >= 15 is 0 Å². The molecular weight excluding hydrogens is 264 g/mol. The summed E-state index contributed by atoms with van der Waals surface area (Å²) in [6.45, 7) is 8.81. The highest BCUT2D eigenvalue weighted by molar-refractivity contribution is 6.31. The van der Waals surface area contributed by atoms with E-state index in [0.29, 0.717) is 18.1 Å². The molecule has 1 aliphatic rings. The second-order valence-corrected chi connectivity index (χ2v) is 6.11. The van der Waals surface area contributed by atoms with E-state index in [0.717, 1.165) is 16.9 Å². The SMILES string of the molecule is Cc1cc(Cl)cc2c1N(C(=O)OC(C)(C)C)CCN2.